The third-order valence-corrected chi connectivity index (χ3v) is 5.62. The number of fused-ring (bicyclic) bond motifs is 1. The van der Waals surface area contributed by atoms with Gasteiger partial charge in [-0.3, -0.25) is 9.48 Å². The molecule has 10 nitrogen and oxygen atoms in total. The number of amides is 1. The largest absolute Gasteiger partial charge is 0.364 e. The molecule has 1 aliphatic heterocycles. The van der Waals surface area contributed by atoms with Gasteiger partial charge < -0.3 is 10.6 Å². The van der Waals surface area contributed by atoms with Crippen molar-refractivity contribution < 1.29 is 4.79 Å². The van der Waals surface area contributed by atoms with Crippen molar-refractivity contribution in [1.82, 2.24) is 24.4 Å². The minimum absolute atomic E-state index is 0.0635. The summed E-state index contributed by atoms with van der Waals surface area (Å²) in [5.41, 5.74) is 10.6. The Morgan fingerprint density at radius 3 is 2.41 bits per heavy atom. The van der Waals surface area contributed by atoms with Crippen LogP contribution in [0.5, 0.6) is 0 Å². The van der Waals surface area contributed by atoms with Crippen LogP contribution < -0.4 is 10.6 Å². The number of aromatic nitrogens is 5. The highest BCUT2D eigenvalue weighted by molar-refractivity contribution is 6.70. The van der Waals surface area contributed by atoms with Gasteiger partial charge in [-0.05, 0) is 52.8 Å². The molecule has 10 heteroatoms. The molecule has 4 heterocycles. The molecule has 3 aromatic heterocycles. The maximum atomic E-state index is 12.2. The van der Waals surface area contributed by atoms with Crippen LogP contribution in [0.3, 0.4) is 0 Å². The predicted molar refractivity (Wildman–Crippen MR) is 125 cm³/mol. The monoisotopic (exact) mass is 433 g/mol. The molecule has 3 aromatic rings. The minimum atomic E-state index is -0.666. The zero-order chi connectivity index (χ0) is 23.2. The van der Waals surface area contributed by atoms with Gasteiger partial charge in [0.25, 0.3) is 5.91 Å². The Hall–Kier alpha value is -3.82. The number of hydrogen-bond donors (Lipinski definition) is 1. The molecular formula is C22H27N9O. The lowest BCUT2D eigenvalue weighted by atomic mass is 10.2. The fourth-order valence-corrected chi connectivity index (χ4v) is 3.76. The number of carbonyl (C=O) groups is 1. The van der Waals surface area contributed by atoms with Gasteiger partial charge in [0, 0.05) is 25.8 Å². The van der Waals surface area contributed by atoms with Gasteiger partial charge in [-0.1, -0.05) is 0 Å². The van der Waals surface area contributed by atoms with Gasteiger partial charge in [-0.25, -0.2) is 19.6 Å². The molecule has 32 heavy (non-hydrogen) atoms. The van der Waals surface area contributed by atoms with Crippen molar-refractivity contribution in [2.75, 3.05) is 18.0 Å². The summed E-state index contributed by atoms with van der Waals surface area (Å²) in [6, 6.07) is 5.77. The van der Waals surface area contributed by atoms with E-state index >= 15 is 0 Å². The number of aryl methyl sites for hydroxylation is 4. The maximum absolute atomic E-state index is 12.2. The van der Waals surface area contributed by atoms with Crippen molar-refractivity contribution in [2.45, 2.75) is 34.6 Å². The average Bonchev–Trinajstić information content (AvgIpc) is 3.36. The second-order valence-corrected chi connectivity index (χ2v) is 7.70. The van der Waals surface area contributed by atoms with Crippen molar-refractivity contribution in [3.8, 4) is 11.4 Å². The Morgan fingerprint density at radius 2 is 1.84 bits per heavy atom. The lowest BCUT2D eigenvalue weighted by Gasteiger charge is -2.20. The summed E-state index contributed by atoms with van der Waals surface area (Å²) in [4.78, 5) is 28.4. The molecule has 0 bridgehead atoms. The molecule has 0 saturated heterocycles. The van der Waals surface area contributed by atoms with Crippen LogP contribution in [0.2, 0.25) is 0 Å². The summed E-state index contributed by atoms with van der Waals surface area (Å²) in [6.07, 6.45) is 0. The van der Waals surface area contributed by atoms with E-state index < -0.39 is 5.91 Å². The summed E-state index contributed by atoms with van der Waals surface area (Å²) in [5.74, 6) is 0.680. The predicted octanol–water partition coefficient (Wildman–Crippen LogP) is 2.27. The fraction of sp³-hybridized carbons (Fsp3) is 0.364. The molecule has 0 aliphatic carbocycles. The number of aliphatic imine (C=N–C) groups is 1. The third kappa shape index (κ3) is 3.47. The van der Waals surface area contributed by atoms with Crippen LogP contribution in [0.1, 0.15) is 36.8 Å². The number of primary amides is 1. The van der Waals surface area contributed by atoms with Gasteiger partial charge in [0.15, 0.2) is 11.5 Å². The topological polar surface area (TPSA) is 120 Å². The van der Waals surface area contributed by atoms with Crippen LogP contribution in [-0.4, -0.2) is 54.8 Å². The van der Waals surface area contributed by atoms with Crippen LogP contribution in [0.25, 0.3) is 11.4 Å². The van der Waals surface area contributed by atoms with Gasteiger partial charge >= 0.3 is 0 Å². The minimum Gasteiger partial charge on any atom is -0.364 e. The van der Waals surface area contributed by atoms with E-state index in [9.17, 15) is 4.79 Å². The molecule has 0 spiro atoms. The molecule has 0 fully saturated rings. The van der Waals surface area contributed by atoms with Gasteiger partial charge in [0.2, 0.25) is 0 Å². The van der Waals surface area contributed by atoms with E-state index in [4.69, 9.17) is 10.7 Å². The van der Waals surface area contributed by atoms with Crippen LogP contribution in [0.4, 0.5) is 11.5 Å². The van der Waals surface area contributed by atoms with Crippen molar-refractivity contribution in [1.29, 1.82) is 0 Å². The first-order valence-electron chi connectivity index (χ1n) is 10.6. The van der Waals surface area contributed by atoms with E-state index in [1.54, 1.807) is 9.36 Å². The Kier molecular flexibility index (Phi) is 5.37. The standard InChI is InChI=1S/C22H27N9O/c1-7-30(8-2)17-10-9-15(13(4)24-17)26-19-18(21(23)32)28-31-20(14(5)25-22(19)31)16-11-12(3)29(6)27-16/h9-11H,7-8H2,1-6H3,(H2,23,32)/b26-19-. The first-order valence-corrected chi connectivity index (χ1v) is 10.6. The second-order valence-electron chi connectivity index (χ2n) is 7.70. The summed E-state index contributed by atoms with van der Waals surface area (Å²) in [5, 5.41) is 9.00. The SMILES string of the molecule is CCN(CC)c1ccc(/N=C2/C(C(N)=O)=Nn3c2nc(C)c3-c2cc(C)n(C)n2)c(C)n1. The van der Waals surface area contributed by atoms with Crippen LogP contribution in [0, 0.1) is 20.8 Å². The Bertz CT molecular complexity index is 1260. The molecular weight excluding hydrogens is 406 g/mol. The summed E-state index contributed by atoms with van der Waals surface area (Å²) >= 11 is 0. The van der Waals surface area contributed by atoms with Gasteiger partial charge in [-0.2, -0.15) is 10.2 Å². The molecule has 0 atom stereocenters. The summed E-state index contributed by atoms with van der Waals surface area (Å²) < 4.78 is 3.38. The van der Waals surface area contributed by atoms with E-state index in [0.717, 1.165) is 41.7 Å². The molecule has 1 aliphatic rings. The zero-order valence-corrected chi connectivity index (χ0v) is 19.2. The summed E-state index contributed by atoms with van der Waals surface area (Å²) in [6.45, 7) is 11.6. The van der Waals surface area contributed by atoms with E-state index in [0.29, 0.717) is 22.9 Å². The maximum Gasteiger partial charge on any atom is 0.271 e. The Morgan fingerprint density at radius 1 is 1.12 bits per heavy atom. The molecule has 0 saturated carbocycles. The number of nitrogens with zero attached hydrogens (tertiary/aromatic N) is 8. The lowest BCUT2D eigenvalue weighted by Crippen LogP contribution is -2.29. The van der Waals surface area contributed by atoms with Crippen molar-refractivity contribution >= 4 is 28.8 Å². The molecule has 2 N–H and O–H groups in total. The molecule has 0 aromatic carbocycles. The second kappa shape index (κ2) is 8.03. The highest BCUT2D eigenvalue weighted by Crippen LogP contribution is 2.29. The van der Waals surface area contributed by atoms with E-state index in [1.165, 1.54) is 0 Å². The fourth-order valence-electron chi connectivity index (χ4n) is 3.76. The number of imidazole rings is 1. The average molecular weight is 434 g/mol. The lowest BCUT2D eigenvalue weighted by molar-refractivity contribution is -0.111. The van der Waals surface area contributed by atoms with Crippen LogP contribution >= 0.6 is 0 Å². The first kappa shape index (κ1) is 21.4. The van der Waals surface area contributed by atoms with Crippen molar-refractivity contribution in [3.63, 3.8) is 0 Å². The number of carbonyl (C=O) groups excluding carboxylic acids is 1. The van der Waals surface area contributed by atoms with E-state index in [1.807, 2.05) is 46.0 Å². The summed E-state index contributed by atoms with van der Waals surface area (Å²) in [7, 11) is 1.87. The molecule has 0 radical (unpaired) electrons. The molecule has 166 valence electrons. The number of nitrogens with two attached hydrogens (primary N) is 1. The molecule has 4 rings (SSSR count). The number of hydrogen-bond acceptors (Lipinski definition) is 7. The smallest absolute Gasteiger partial charge is 0.271 e. The Balaban J connectivity index is 1.83. The highest BCUT2D eigenvalue weighted by atomic mass is 16.1. The van der Waals surface area contributed by atoms with Crippen molar-refractivity contribution in [3.05, 3.63) is 41.1 Å². The normalized spacial score (nSPS) is 14.1. The Labute approximate surface area is 186 Å². The van der Waals surface area contributed by atoms with Crippen LogP contribution in [-0.2, 0) is 11.8 Å². The first-order chi connectivity index (χ1) is 15.2. The van der Waals surface area contributed by atoms with Crippen molar-refractivity contribution in [2.24, 2.45) is 22.9 Å². The van der Waals surface area contributed by atoms with Crippen LogP contribution in [0.15, 0.2) is 28.3 Å². The van der Waals surface area contributed by atoms with Gasteiger partial charge in [-0.15, -0.1) is 0 Å². The number of anilines is 1. The molecule has 1 amide bonds. The number of pyridine rings is 1. The third-order valence-electron chi connectivity index (χ3n) is 5.62. The molecule has 0 unspecified atom stereocenters. The van der Waals surface area contributed by atoms with Gasteiger partial charge in [0.05, 0.1) is 17.1 Å². The van der Waals surface area contributed by atoms with Gasteiger partial charge in [0.1, 0.15) is 22.9 Å². The quantitative estimate of drug-likeness (QED) is 0.639. The number of rotatable bonds is 6. The van der Waals surface area contributed by atoms with E-state index in [2.05, 4.69) is 38.9 Å². The zero-order valence-electron chi connectivity index (χ0n) is 19.2. The van der Waals surface area contributed by atoms with E-state index in [-0.39, 0.29) is 5.71 Å². The highest BCUT2D eigenvalue weighted by Gasteiger charge is 2.33.